The van der Waals surface area contributed by atoms with Gasteiger partial charge < -0.3 is 18.9 Å². The first-order valence-electron chi connectivity index (χ1n) is 12.3. The van der Waals surface area contributed by atoms with Gasteiger partial charge in [-0.2, -0.15) is 5.26 Å². The summed E-state index contributed by atoms with van der Waals surface area (Å²) in [6.45, 7) is 5.83. The fraction of sp³-hybridized carbons (Fsp3) is 0.333. The van der Waals surface area contributed by atoms with Crippen LogP contribution < -0.4 is 9.47 Å². The number of nitriles is 1. The van der Waals surface area contributed by atoms with Crippen molar-refractivity contribution in [2.45, 2.75) is 26.2 Å². The summed E-state index contributed by atoms with van der Waals surface area (Å²) in [5, 5.41) is 9.15. The van der Waals surface area contributed by atoms with Crippen molar-refractivity contribution >= 4 is 5.97 Å². The quantitative estimate of drug-likeness (QED) is 0.167. The predicted molar refractivity (Wildman–Crippen MR) is 135 cm³/mol. The molecular formula is C30H29NO5. The molecule has 0 aromatic heterocycles. The zero-order valence-electron chi connectivity index (χ0n) is 20.4. The SMILES string of the molecule is CC1(COCCCCOc2ccc(OC(=O)c3ccc4c(c3)Cc3cc(C#N)ccc3-4)cc2)COC1. The maximum Gasteiger partial charge on any atom is 0.343 e. The van der Waals surface area contributed by atoms with Crippen LogP contribution in [0.15, 0.2) is 60.7 Å². The van der Waals surface area contributed by atoms with Gasteiger partial charge in [0, 0.05) is 12.0 Å². The number of rotatable bonds is 10. The number of unbranched alkanes of at least 4 members (excludes halogenated alkanes) is 1. The lowest BCUT2D eigenvalue weighted by Gasteiger charge is -2.37. The van der Waals surface area contributed by atoms with E-state index in [-0.39, 0.29) is 5.41 Å². The lowest BCUT2D eigenvalue weighted by Crippen LogP contribution is -2.43. The Morgan fingerprint density at radius 1 is 0.944 bits per heavy atom. The van der Waals surface area contributed by atoms with Gasteiger partial charge in [0.05, 0.1) is 43.6 Å². The normalized spacial score (nSPS) is 14.8. The minimum absolute atomic E-state index is 0.192. The van der Waals surface area contributed by atoms with Gasteiger partial charge in [0.25, 0.3) is 0 Å². The number of esters is 1. The Balaban J connectivity index is 1.07. The van der Waals surface area contributed by atoms with E-state index in [1.807, 2.05) is 42.5 Å². The summed E-state index contributed by atoms with van der Waals surface area (Å²) in [5.74, 6) is 0.806. The van der Waals surface area contributed by atoms with Crippen molar-refractivity contribution in [1.29, 1.82) is 5.26 Å². The zero-order chi connectivity index (χ0) is 25.0. The molecule has 1 heterocycles. The largest absolute Gasteiger partial charge is 0.494 e. The maximum atomic E-state index is 12.7. The molecule has 0 atom stereocenters. The Morgan fingerprint density at radius 3 is 2.36 bits per heavy atom. The Kier molecular flexibility index (Phi) is 7.04. The molecule has 1 saturated heterocycles. The van der Waals surface area contributed by atoms with Crippen LogP contribution in [0, 0.1) is 16.7 Å². The van der Waals surface area contributed by atoms with E-state index in [4.69, 9.17) is 24.2 Å². The first kappa shape index (κ1) is 24.1. The average molecular weight is 484 g/mol. The van der Waals surface area contributed by atoms with Gasteiger partial charge in [0.15, 0.2) is 0 Å². The molecule has 6 nitrogen and oxygen atoms in total. The zero-order valence-corrected chi connectivity index (χ0v) is 20.4. The highest BCUT2D eigenvalue weighted by molar-refractivity contribution is 5.93. The van der Waals surface area contributed by atoms with E-state index in [9.17, 15) is 4.79 Å². The van der Waals surface area contributed by atoms with E-state index in [1.54, 1.807) is 18.2 Å². The highest BCUT2D eigenvalue weighted by Gasteiger charge is 2.33. The predicted octanol–water partition coefficient (Wildman–Crippen LogP) is 5.56. The molecule has 0 spiro atoms. The topological polar surface area (TPSA) is 77.8 Å². The maximum absolute atomic E-state index is 12.7. The second-order valence-electron chi connectivity index (χ2n) is 9.80. The van der Waals surface area contributed by atoms with Crippen molar-refractivity contribution in [3.8, 4) is 28.7 Å². The molecule has 1 fully saturated rings. The Bertz CT molecular complexity index is 1290. The van der Waals surface area contributed by atoms with Crippen LogP contribution in [0.25, 0.3) is 11.1 Å². The number of nitrogens with zero attached hydrogens (tertiary/aromatic N) is 1. The van der Waals surface area contributed by atoms with Gasteiger partial charge >= 0.3 is 5.97 Å². The van der Waals surface area contributed by atoms with Crippen molar-refractivity contribution in [3.63, 3.8) is 0 Å². The smallest absolute Gasteiger partial charge is 0.343 e. The number of hydrogen-bond acceptors (Lipinski definition) is 6. The molecule has 1 aliphatic heterocycles. The third-order valence-electron chi connectivity index (χ3n) is 6.58. The molecule has 3 aromatic rings. The lowest BCUT2D eigenvalue weighted by molar-refractivity contribution is -0.138. The number of benzene rings is 3. The van der Waals surface area contributed by atoms with E-state index in [2.05, 4.69) is 13.0 Å². The van der Waals surface area contributed by atoms with Gasteiger partial charge in [-0.1, -0.05) is 19.1 Å². The minimum Gasteiger partial charge on any atom is -0.494 e. The second kappa shape index (κ2) is 10.5. The number of carbonyl (C=O) groups excluding carboxylic acids is 1. The van der Waals surface area contributed by atoms with Crippen LogP contribution >= 0.6 is 0 Å². The van der Waals surface area contributed by atoms with Crippen LogP contribution in [0.2, 0.25) is 0 Å². The molecule has 5 rings (SSSR count). The summed E-state index contributed by atoms with van der Waals surface area (Å²) in [4.78, 5) is 12.7. The van der Waals surface area contributed by atoms with E-state index < -0.39 is 5.97 Å². The molecule has 0 bridgehead atoms. The van der Waals surface area contributed by atoms with Crippen LogP contribution in [-0.2, 0) is 15.9 Å². The molecule has 2 aliphatic rings. The summed E-state index contributed by atoms with van der Waals surface area (Å²) in [6, 6.07) is 20.6. The van der Waals surface area contributed by atoms with E-state index in [0.29, 0.717) is 29.9 Å². The highest BCUT2D eigenvalue weighted by Crippen LogP contribution is 2.37. The Labute approximate surface area is 211 Å². The van der Waals surface area contributed by atoms with Gasteiger partial charge in [0.2, 0.25) is 0 Å². The summed E-state index contributed by atoms with van der Waals surface area (Å²) < 4.78 is 22.3. The van der Waals surface area contributed by atoms with Crippen LogP contribution in [0.5, 0.6) is 11.5 Å². The van der Waals surface area contributed by atoms with Crippen molar-refractivity contribution in [2.24, 2.45) is 5.41 Å². The van der Waals surface area contributed by atoms with Crippen LogP contribution in [-0.4, -0.2) is 39.0 Å². The summed E-state index contributed by atoms with van der Waals surface area (Å²) in [6.07, 6.45) is 2.55. The van der Waals surface area contributed by atoms with Crippen molar-refractivity contribution in [1.82, 2.24) is 0 Å². The molecule has 184 valence electrons. The summed E-state index contributed by atoms with van der Waals surface area (Å²) in [5.41, 5.74) is 5.73. The molecule has 3 aromatic carbocycles. The number of fused-ring (bicyclic) bond motifs is 3. The van der Waals surface area contributed by atoms with Gasteiger partial charge in [0.1, 0.15) is 11.5 Å². The number of carbonyl (C=O) groups is 1. The molecule has 0 radical (unpaired) electrons. The molecule has 0 N–H and O–H groups in total. The average Bonchev–Trinajstić information content (AvgIpc) is 3.24. The molecule has 36 heavy (non-hydrogen) atoms. The Morgan fingerprint density at radius 2 is 1.64 bits per heavy atom. The van der Waals surface area contributed by atoms with Crippen molar-refractivity contribution in [3.05, 3.63) is 82.9 Å². The molecule has 1 aliphatic carbocycles. The fourth-order valence-electron chi connectivity index (χ4n) is 4.53. The summed E-state index contributed by atoms with van der Waals surface area (Å²) >= 11 is 0. The van der Waals surface area contributed by atoms with Crippen molar-refractivity contribution in [2.75, 3.05) is 33.0 Å². The molecule has 6 heteroatoms. The minimum atomic E-state index is -0.400. The van der Waals surface area contributed by atoms with Crippen LogP contribution in [0.1, 0.15) is 46.8 Å². The lowest BCUT2D eigenvalue weighted by atomic mass is 9.90. The molecule has 0 unspecified atom stereocenters. The third-order valence-corrected chi connectivity index (χ3v) is 6.58. The van der Waals surface area contributed by atoms with Gasteiger partial charge in [-0.25, -0.2) is 4.79 Å². The summed E-state index contributed by atoms with van der Waals surface area (Å²) in [7, 11) is 0. The number of ether oxygens (including phenoxy) is 4. The first-order valence-corrected chi connectivity index (χ1v) is 12.3. The monoisotopic (exact) mass is 483 g/mol. The van der Waals surface area contributed by atoms with Gasteiger partial charge in [-0.05, 0) is 90.0 Å². The van der Waals surface area contributed by atoms with E-state index >= 15 is 0 Å². The number of hydrogen-bond donors (Lipinski definition) is 0. The molecule has 0 saturated carbocycles. The third kappa shape index (κ3) is 5.43. The van der Waals surface area contributed by atoms with Crippen LogP contribution in [0.4, 0.5) is 0 Å². The fourth-order valence-corrected chi connectivity index (χ4v) is 4.53. The highest BCUT2D eigenvalue weighted by atomic mass is 16.5. The van der Waals surface area contributed by atoms with Crippen LogP contribution in [0.3, 0.4) is 0 Å². The second-order valence-corrected chi connectivity index (χ2v) is 9.80. The first-order chi connectivity index (χ1) is 17.5. The Hall–Kier alpha value is -3.66. The van der Waals surface area contributed by atoms with E-state index in [1.165, 1.54) is 0 Å². The van der Waals surface area contributed by atoms with Crippen molar-refractivity contribution < 1.29 is 23.7 Å². The van der Waals surface area contributed by atoms with Gasteiger partial charge in [-0.15, -0.1) is 0 Å². The molecule has 0 amide bonds. The van der Waals surface area contributed by atoms with E-state index in [0.717, 1.165) is 67.3 Å². The van der Waals surface area contributed by atoms with Gasteiger partial charge in [-0.3, -0.25) is 0 Å². The standard InChI is InChI=1S/C30H29NO5/c1-30(19-34-20-30)18-33-12-2-3-13-35-25-6-8-26(9-7-25)36-29(32)22-5-11-28-24(15-22)16-23-14-21(17-31)4-10-27(23)28/h4-11,14-15H,2-3,12-13,16,18-20H2,1H3. The molecular weight excluding hydrogens is 454 g/mol.